The Morgan fingerprint density at radius 1 is 1.37 bits per heavy atom. The summed E-state index contributed by atoms with van der Waals surface area (Å²) in [5.74, 6) is -0.921. The van der Waals surface area contributed by atoms with Crippen molar-refractivity contribution < 1.29 is 23.8 Å². The van der Waals surface area contributed by atoms with Crippen LogP contribution in [0.25, 0.3) is 11.2 Å². The van der Waals surface area contributed by atoms with Gasteiger partial charge in [-0.1, -0.05) is 18.2 Å². The van der Waals surface area contributed by atoms with Gasteiger partial charge in [-0.3, -0.25) is 4.57 Å². The molecule has 3 aromatic rings. The molecule has 0 radical (unpaired) electrons. The van der Waals surface area contributed by atoms with Crippen molar-refractivity contribution in [3.63, 3.8) is 0 Å². The SMILES string of the molecule is Nc1nc(OC(=O)c2ccccc2)c2ncn([C@@H]3O[C@H](CO)C[C@@H]3F)c2n1. The number of aliphatic hydroxyl groups is 1. The summed E-state index contributed by atoms with van der Waals surface area (Å²) < 4.78 is 26.5. The molecule has 140 valence electrons. The van der Waals surface area contributed by atoms with Gasteiger partial charge in [0, 0.05) is 6.42 Å². The van der Waals surface area contributed by atoms with Crippen molar-refractivity contribution in [2.75, 3.05) is 12.3 Å². The van der Waals surface area contributed by atoms with E-state index in [9.17, 15) is 14.3 Å². The van der Waals surface area contributed by atoms with Gasteiger partial charge in [0.25, 0.3) is 5.88 Å². The summed E-state index contributed by atoms with van der Waals surface area (Å²) in [6.07, 6.45) is -1.62. The molecule has 3 heterocycles. The Bertz CT molecular complexity index is 980. The second kappa shape index (κ2) is 6.89. The number of nitrogens with two attached hydrogens (primary N) is 1. The lowest BCUT2D eigenvalue weighted by molar-refractivity contribution is -0.0351. The average molecular weight is 373 g/mol. The van der Waals surface area contributed by atoms with Crippen molar-refractivity contribution in [1.29, 1.82) is 0 Å². The molecule has 1 fully saturated rings. The maximum absolute atomic E-state index is 14.3. The molecule has 10 heteroatoms. The third-order valence-corrected chi connectivity index (χ3v) is 4.21. The minimum atomic E-state index is -1.36. The van der Waals surface area contributed by atoms with Crippen molar-refractivity contribution in [2.45, 2.75) is 24.9 Å². The summed E-state index contributed by atoms with van der Waals surface area (Å²) >= 11 is 0. The van der Waals surface area contributed by atoms with Gasteiger partial charge in [-0.15, -0.1) is 0 Å². The van der Waals surface area contributed by atoms with Crippen LogP contribution >= 0.6 is 0 Å². The maximum atomic E-state index is 14.3. The Hall–Kier alpha value is -3.11. The zero-order valence-electron chi connectivity index (χ0n) is 14.0. The van der Waals surface area contributed by atoms with Crippen molar-refractivity contribution in [3.8, 4) is 5.88 Å². The molecule has 0 aliphatic carbocycles. The fraction of sp³-hybridized carbons (Fsp3) is 0.294. The number of carbonyl (C=O) groups is 1. The quantitative estimate of drug-likeness (QED) is 0.655. The Morgan fingerprint density at radius 2 is 2.15 bits per heavy atom. The number of nitrogen functional groups attached to an aromatic ring is 1. The van der Waals surface area contributed by atoms with E-state index in [1.54, 1.807) is 30.3 Å². The van der Waals surface area contributed by atoms with Gasteiger partial charge >= 0.3 is 5.97 Å². The number of fused-ring (bicyclic) bond motifs is 1. The fourth-order valence-corrected chi connectivity index (χ4v) is 2.95. The molecule has 0 amide bonds. The molecule has 1 saturated heterocycles. The van der Waals surface area contributed by atoms with Gasteiger partial charge in [0.2, 0.25) is 5.95 Å². The van der Waals surface area contributed by atoms with Gasteiger partial charge in [-0.05, 0) is 12.1 Å². The Morgan fingerprint density at radius 3 is 2.85 bits per heavy atom. The minimum Gasteiger partial charge on any atom is -0.401 e. The third-order valence-electron chi connectivity index (χ3n) is 4.21. The number of halogens is 1. The van der Waals surface area contributed by atoms with Gasteiger partial charge < -0.3 is 20.3 Å². The standard InChI is InChI=1S/C17H16FN5O4/c18-11-6-10(7-24)26-15(11)23-8-20-12-13(23)21-17(19)22-14(12)27-16(25)9-4-2-1-3-5-9/h1-5,8,10-11,15,24H,6-7H2,(H2,19,21,22)/t10-,11-,15+/m0/s1. The van der Waals surface area contributed by atoms with Crippen LogP contribution in [0.5, 0.6) is 5.88 Å². The monoisotopic (exact) mass is 373 g/mol. The van der Waals surface area contributed by atoms with Crippen LogP contribution < -0.4 is 10.5 Å². The third kappa shape index (κ3) is 3.20. The first kappa shape index (κ1) is 17.3. The predicted molar refractivity (Wildman–Crippen MR) is 91.6 cm³/mol. The number of esters is 1. The van der Waals surface area contributed by atoms with Crippen LogP contribution in [-0.4, -0.2) is 49.5 Å². The second-order valence-corrected chi connectivity index (χ2v) is 6.05. The maximum Gasteiger partial charge on any atom is 0.344 e. The van der Waals surface area contributed by atoms with E-state index >= 15 is 0 Å². The number of aliphatic hydroxyl groups excluding tert-OH is 1. The molecule has 0 spiro atoms. The number of benzene rings is 1. The number of anilines is 1. The zero-order chi connectivity index (χ0) is 19.0. The van der Waals surface area contributed by atoms with Crippen LogP contribution in [0.3, 0.4) is 0 Å². The van der Waals surface area contributed by atoms with Crippen LogP contribution in [0.4, 0.5) is 10.3 Å². The molecule has 0 bridgehead atoms. The lowest BCUT2D eigenvalue weighted by atomic mass is 10.2. The number of imidazole rings is 1. The molecule has 4 rings (SSSR count). The lowest BCUT2D eigenvalue weighted by Gasteiger charge is -2.15. The number of alkyl halides is 1. The summed E-state index contributed by atoms with van der Waals surface area (Å²) in [4.78, 5) is 24.4. The Balaban J connectivity index is 1.69. The minimum absolute atomic E-state index is 0.0528. The van der Waals surface area contributed by atoms with Crippen molar-refractivity contribution in [2.24, 2.45) is 0 Å². The summed E-state index contributed by atoms with van der Waals surface area (Å²) in [6.45, 7) is -0.291. The number of nitrogens with zero attached hydrogens (tertiary/aromatic N) is 4. The molecule has 0 unspecified atom stereocenters. The highest BCUT2D eigenvalue weighted by atomic mass is 19.1. The van der Waals surface area contributed by atoms with E-state index in [2.05, 4.69) is 15.0 Å². The van der Waals surface area contributed by atoms with E-state index in [0.29, 0.717) is 5.56 Å². The number of rotatable bonds is 4. The van der Waals surface area contributed by atoms with E-state index in [4.69, 9.17) is 15.2 Å². The van der Waals surface area contributed by atoms with E-state index in [-0.39, 0.29) is 36.0 Å². The van der Waals surface area contributed by atoms with Crippen LogP contribution in [0.1, 0.15) is 23.0 Å². The molecule has 3 N–H and O–H groups in total. The van der Waals surface area contributed by atoms with E-state index < -0.39 is 24.5 Å². The van der Waals surface area contributed by atoms with Crippen molar-refractivity contribution >= 4 is 23.1 Å². The van der Waals surface area contributed by atoms with Gasteiger partial charge in [-0.25, -0.2) is 14.2 Å². The molecule has 9 nitrogen and oxygen atoms in total. The predicted octanol–water partition coefficient (Wildman–Crippen LogP) is 1.25. The average Bonchev–Trinajstić information content (AvgIpc) is 3.25. The number of hydrogen-bond donors (Lipinski definition) is 2. The molecular weight excluding hydrogens is 357 g/mol. The largest absolute Gasteiger partial charge is 0.401 e. The van der Waals surface area contributed by atoms with Gasteiger partial charge in [-0.2, -0.15) is 9.97 Å². The highest BCUT2D eigenvalue weighted by Gasteiger charge is 2.37. The first-order chi connectivity index (χ1) is 13.1. The normalized spacial score (nSPS) is 22.2. The van der Waals surface area contributed by atoms with Crippen LogP contribution in [0, 0.1) is 0 Å². The van der Waals surface area contributed by atoms with E-state index in [1.165, 1.54) is 10.9 Å². The van der Waals surface area contributed by atoms with Crippen molar-refractivity contribution in [1.82, 2.24) is 19.5 Å². The first-order valence-electron chi connectivity index (χ1n) is 8.24. The smallest absolute Gasteiger partial charge is 0.344 e. The molecule has 2 aromatic heterocycles. The van der Waals surface area contributed by atoms with Gasteiger partial charge in [0.1, 0.15) is 6.17 Å². The number of carbonyl (C=O) groups excluding carboxylic acids is 1. The Labute approximate surface area is 152 Å². The molecule has 0 saturated carbocycles. The molecule has 1 aromatic carbocycles. The first-order valence-corrected chi connectivity index (χ1v) is 8.24. The zero-order valence-corrected chi connectivity index (χ0v) is 14.0. The van der Waals surface area contributed by atoms with Gasteiger partial charge in [0.15, 0.2) is 17.4 Å². The topological polar surface area (TPSA) is 125 Å². The second-order valence-electron chi connectivity index (χ2n) is 6.05. The summed E-state index contributed by atoms with van der Waals surface area (Å²) in [6, 6.07) is 8.36. The highest BCUT2D eigenvalue weighted by molar-refractivity contribution is 5.92. The molecule has 1 aliphatic heterocycles. The van der Waals surface area contributed by atoms with Crippen LogP contribution in [0.15, 0.2) is 36.7 Å². The highest BCUT2D eigenvalue weighted by Crippen LogP contribution is 2.34. The van der Waals surface area contributed by atoms with Crippen LogP contribution in [-0.2, 0) is 4.74 Å². The number of ether oxygens (including phenoxy) is 2. The van der Waals surface area contributed by atoms with Crippen molar-refractivity contribution in [3.05, 3.63) is 42.2 Å². The molecule has 27 heavy (non-hydrogen) atoms. The summed E-state index contributed by atoms with van der Waals surface area (Å²) in [7, 11) is 0. The summed E-state index contributed by atoms with van der Waals surface area (Å²) in [5, 5.41) is 9.19. The van der Waals surface area contributed by atoms with E-state index in [0.717, 1.165) is 0 Å². The molecular formula is C17H16FN5O4. The fourth-order valence-electron chi connectivity index (χ4n) is 2.95. The van der Waals surface area contributed by atoms with Crippen LogP contribution in [0.2, 0.25) is 0 Å². The van der Waals surface area contributed by atoms with Gasteiger partial charge in [0.05, 0.1) is 24.6 Å². The molecule has 1 aliphatic rings. The number of aromatic nitrogens is 4. The molecule has 3 atom stereocenters. The van der Waals surface area contributed by atoms with E-state index in [1.807, 2.05) is 0 Å². The lowest BCUT2D eigenvalue weighted by Crippen LogP contribution is -2.17. The Kier molecular flexibility index (Phi) is 4.42. The number of hydrogen-bond acceptors (Lipinski definition) is 8. The summed E-state index contributed by atoms with van der Waals surface area (Å²) in [5.41, 5.74) is 6.38.